The van der Waals surface area contributed by atoms with Gasteiger partial charge in [0, 0.05) is 13.2 Å². The summed E-state index contributed by atoms with van der Waals surface area (Å²) in [6, 6.07) is 0. The molecule has 0 spiro atoms. The first-order valence-electron chi connectivity index (χ1n) is 5.29. The first-order chi connectivity index (χ1) is 8.18. The molecule has 0 saturated carbocycles. The molecule has 1 aliphatic rings. The van der Waals surface area contributed by atoms with Crippen LogP contribution in [-0.4, -0.2) is 34.1 Å². The molecule has 1 saturated heterocycles. The maximum absolute atomic E-state index is 10.8. The van der Waals surface area contributed by atoms with Crippen LogP contribution in [0.5, 0.6) is 0 Å². The van der Waals surface area contributed by atoms with Gasteiger partial charge in [0.05, 0.1) is 11.0 Å². The second-order valence-electron chi connectivity index (χ2n) is 3.73. The van der Waals surface area contributed by atoms with Crippen LogP contribution < -0.4 is 11.1 Å². The highest BCUT2D eigenvalue weighted by Crippen LogP contribution is 2.26. The lowest BCUT2D eigenvalue weighted by Gasteiger charge is -2.11. The average molecular weight is 239 g/mol. The van der Waals surface area contributed by atoms with Crippen molar-refractivity contribution < 1.29 is 9.66 Å². The zero-order valence-electron chi connectivity index (χ0n) is 9.13. The quantitative estimate of drug-likeness (QED) is 0.582. The van der Waals surface area contributed by atoms with Crippen LogP contribution in [0.3, 0.4) is 0 Å². The predicted molar refractivity (Wildman–Crippen MR) is 60.6 cm³/mol. The Balaban J connectivity index is 2.09. The van der Waals surface area contributed by atoms with Gasteiger partial charge in [-0.3, -0.25) is 10.1 Å². The molecule has 0 aliphatic carbocycles. The summed E-state index contributed by atoms with van der Waals surface area (Å²) in [6.45, 7) is 1.22. The highest BCUT2D eigenvalue weighted by atomic mass is 16.6. The highest BCUT2D eigenvalue weighted by molar-refractivity contribution is 5.67. The fourth-order valence-corrected chi connectivity index (χ4v) is 1.72. The van der Waals surface area contributed by atoms with E-state index in [0.717, 1.165) is 19.4 Å². The average Bonchev–Trinajstić information content (AvgIpc) is 2.78. The van der Waals surface area contributed by atoms with E-state index in [1.807, 2.05) is 0 Å². The fourth-order valence-electron chi connectivity index (χ4n) is 1.72. The lowest BCUT2D eigenvalue weighted by atomic mass is 10.2. The summed E-state index contributed by atoms with van der Waals surface area (Å²) in [4.78, 5) is 17.6. The first kappa shape index (κ1) is 11.5. The SMILES string of the molecule is Nc1ncnc(NCC2CCCO2)c1[N+](=O)[O-]. The van der Waals surface area contributed by atoms with Crippen LogP contribution in [0.4, 0.5) is 17.3 Å². The van der Waals surface area contributed by atoms with Crippen molar-refractivity contribution in [1.29, 1.82) is 0 Å². The van der Waals surface area contributed by atoms with Crippen molar-refractivity contribution >= 4 is 17.3 Å². The molecule has 2 rings (SSSR count). The molecular weight excluding hydrogens is 226 g/mol. The molecule has 1 unspecified atom stereocenters. The van der Waals surface area contributed by atoms with E-state index in [0.29, 0.717) is 6.54 Å². The molecule has 0 amide bonds. The van der Waals surface area contributed by atoms with Crippen LogP contribution in [0, 0.1) is 10.1 Å². The second-order valence-corrected chi connectivity index (χ2v) is 3.73. The smallest absolute Gasteiger partial charge is 0.352 e. The highest BCUT2D eigenvalue weighted by Gasteiger charge is 2.22. The van der Waals surface area contributed by atoms with Crippen LogP contribution in [-0.2, 0) is 4.74 Å². The lowest BCUT2D eigenvalue weighted by Crippen LogP contribution is -2.20. The third-order valence-electron chi connectivity index (χ3n) is 2.55. The van der Waals surface area contributed by atoms with Gasteiger partial charge in [-0.05, 0) is 12.8 Å². The summed E-state index contributed by atoms with van der Waals surface area (Å²) in [5, 5.41) is 13.7. The molecule has 0 radical (unpaired) electrons. The molecule has 1 aliphatic heterocycles. The normalized spacial score (nSPS) is 19.2. The third kappa shape index (κ3) is 2.59. The van der Waals surface area contributed by atoms with Crippen LogP contribution in [0.2, 0.25) is 0 Å². The van der Waals surface area contributed by atoms with Gasteiger partial charge in [0.15, 0.2) is 0 Å². The maximum Gasteiger partial charge on any atom is 0.352 e. The van der Waals surface area contributed by atoms with E-state index in [-0.39, 0.29) is 23.4 Å². The summed E-state index contributed by atoms with van der Waals surface area (Å²) >= 11 is 0. The minimum atomic E-state index is -0.590. The van der Waals surface area contributed by atoms with Crippen LogP contribution in [0.25, 0.3) is 0 Å². The Morgan fingerprint density at radius 2 is 2.47 bits per heavy atom. The van der Waals surface area contributed by atoms with Gasteiger partial charge in [0.2, 0.25) is 11.6 Å². The summed E-state index contributed by atoms with van der Waals surface area (Å²) in [6.07, 6.45) is 3.23. The minimum absolute atomic E-state index is 0.0748. The van der Waals surface area contributed by atoms with Crippen molar-refractivity contribution in [2.75, 3.05) is 24.2 Å². The molecule has 92 valence electrons. The Hall–Kier alpha value is -1.96. The van der Waals surface area contributed by atoms with Crippen molar-refractivity contribution in [1.82, 2.24) is 9.97 Å². The molecular formula is C9H13N5O3. The molecule has 1 atom stereocenters. The number of nitro groups is 1. The minimum Gasteiger partial charge on any atom is -0.378 e. The molecule has 1 fully saturated rings. The molecule has 0 bridgehead atoms. The molecule has 17 heavy (non-hydrogen) atoms. The first-order valence-corrected chi connectivity index (χ1v) is 5.29. The van der Waals surface area contributed by atoms with Crippen molar-refractivity contribution in [3.63, 3.8) is 0 Å². The van der Waals surface area contributed by atoms with Gasteiger partial charge < -0.3 is 15.8 Å². The zero-order chi connectivity index (χ0) is 12.3. The van der Waals surface area contributed by atoms with E-state index in [2.05, 4.69) is 15.3 Å². The van der Waals surface area contributed by atoms with E-state index in [1.54, 1.807) is 0 Å². The largest absolute Gasteiger partial charge is 0.378 e. The molecule has 3 N–H and O–H groups in total. The summed E-state index contributed by atoms with van der Waals surface area (Å²) in [5.41, 5.74) is 5.16. The lowest BCUT2D eigenvalue weighted by molar-refractivity contribution is -0.383. The molecule has 0 aromatic carbocycles. The summed E-state index contributed by atoms with van der Waals surface area (Å²) in [7, 11) is 0. The number of hydrogen-bond donors (Lipinski definition) is 2. The van der Waals surface area contributed by atoms with Gasteiger partial charge in [0.25, 0.3) is 0 Å². The van der Waals surface area contributed by atoms with Gasteiger partial charge in [-0.25, -0.2) is 9.97 Å². The van der Waals surface area contributed by atoms with E-state index in [9.17, 15) is 10.1 Å². The van der Waals surface area contributed by atoms with Crippen molar-refractivity contribution in [3.05, 3.63) is 16.4 Å². The van der Waals surface area contributed by atoms with Gasteiger partial charge >= 0.3 is 5.69 Å². The fraction of sp³-hybridized carbons (Fsp3) is 0.556. The second kappa shape index (κ2) is 4.91. The van der Waals surface area contributed by atoms with Crippen molar-refractivity contribution in [2.24, 2.45) is 0 Å². The van der Waals surface area contributed by atoms with E-state index in [1.165, 1.54) is 6.33 Å². The number of nitrogens with one attached hydrogen (secondary N) is 1. The summed E-state index contributed by atoms with van der Waals surface area (Å²) in [5.74, 6) is -0.00200. The zero-order valence-corrected chi connectivity index (χ0v) is 9.13. The Kier molecular flexibility index (Phi) is 3.33. The number of hydrogen-bond acceptors (Lipinski definition) is 7. The van der Waals surface area contributed by atoms with E-state index in [4.69, 9.17) is 10.5 Å². The molecule has 8 heteroatoms. The number of anilines is 2. The number of rotatable bonds is 4. The Morgan fingerprint density at radius 1 is 1.65 bits per heavy atom. The molecule has 1 aromatic rings. The van der Waals surface area contributed by atoms with E-state index >= 15 is 0 Å². The van der Waals surface area contributed by atoms with Crippen LogP contribution >= 0.6 is 0 Å². The van der Waals surface area contributed by atoms with Crippen LogP contribution in [0.15, 0.2) is 6.33 Å². The van der Waals surface area contributed by atoms with Gasteiger partial charge in [0.1, 0.15) is 6.33 Å². The van der Waals surface area contributed by atoms with Gasteiger partial charge in [-0.1, -0.05) is 0 Å². The standard InChI is InChI=1S/C9H13N5O3/c10-8-7(14(15)16)9(13-5-12-8)11-4-6-2-1-3-17-6/h5-6H,1-4H2,(H3,10,11,12,13). The molecule has 8 nitrogen and oxygen atoms in total. The van der Waals surface area contributed by atoms with Crippen molar-refractivity contribution in [2.45, 2.75) is 18.9 Å². The van der Waals surface area contributed by atoms with Crippen molar-refractivity contribution in [3.8, 4) is 0 Å². The van der Waals surface area contributed by atoms with E-state index < -0.39 is 4.92 Å². The Bertz CT molecular complexity index is 419. The third-order valence-corrected chi connectivity index (χ3v) is 2.55. The summed E-state index contributed by atoms with van der Waals surface area (Å²) < 4.78 is 5.40. The number of nitrogens with two attached hydrogens (primary N) is 1. The Morgan fingerprint density at radius 3 is 3.12 bits per heavy atom. The van der Waals surface area contributed by atoms with Gasteiger partial charge in [-0.2, -0.15) is 0 Å². The van der Waals surface area contributed by atoms with Crippen LogP contribution in [0.1, 0.15) is 12.8 Å². The molecule has 1 aromatic heterocycles. The number of nitrogen functional groups attached to an aromatic ring is 1. The van der Waals surface area contributed by atoms with Gasteiger partial charge in [-0.15, -0.1) is 0 Å². The maximum atomic E-state index is 10.8. The number of nitrogens with zero attached hydrogens (tertiary/aromatic N) is 3. The Labute approximate surface area is 97.3 Å². The monoisotopic (exact) mass is 239 g/mol. The number of ether oxygens (including phenoxy) is 1. The molecule has 2 heterocycles. The topological polar surface area (TPSA) is 116 Å². The number of aromatic nitrogens is 2. The predicted octanol–water partition coefficient (Wildman–Crippen LogP) is 0.558.